The van der Waals surface area contributed by atoms with Gasteiger partial charge in [0.2, 0.25) is 6.41 Å². The molecular formula is C9H17NO. The van der Waals surface area contributed by atoms with Crippen molar-refractivity contribution >= 4 is 6.41 Å². The summed E-state index contributed by atoms with van der Waals surface area (Å²) >= 11 is 0. The summed E-state index contributed by atoms with van der Waals surface area (Å²) in [6.45, 7) is 7.27. The van der Waals surface area contributed by atoms with Crippen molar-refractivity contribution < 1.29 is 4.79 Å². The van der Waals surface area contributed by atoms with Crippen molar-refractivity contribution in [2.24, 2.45) is 0 Å². The predicted octanol–water partition coefficient (Wildman–Crippen LogP) is 1.82. The average molecular weight is 155 g/mol. The number of nitrogens with zero attached hydrogens (tertiary/aromatic N) is 1. The van der Waals surface area contributed by atoms with E-state index >= 15 is 0 Å². The molecule has 0 unspecified atom stereocenters. The summed E-state index contributed by atoms with van der Waals surface area (Å²) < 4.78 is 0. The third kappa shape index (κ3) is 5.64. The van der Waals surface area contributed by atoms with Crippen LogP contribution in [0.4, 0.5) is 0 Å². The second-order valence-electron chi connectivity index (χ2n) is 2.60. The lowest BCUT2D eigenvalue weighted by Crippen LogP contribution is -2.22. The standard InChI is InChI=1S/C9H17NO/c1-3-5-6-8-10(9-11)7-4-2/h4,9H,2-3,5-8H2,1H3. The van der Waals surface area contributed by atoms with Gasteiger partial charge in [0, 0.05) is 13.1 Å². The van der Waals surface area contributed by atoms with Gasteiger partial charge in [0.25, 0.3) is 0 Å². The Kier molecular flexibility index (Phi) is 6.79. The molecule has 2 heteroatoms. The number of carbonyl (C=O) groups excluding carboxylic acids is 1. The van der Waals surface area contributed by atoms with Crippen LogP contribution in [0, 0.1) is 0 Å². The van der Waals surface area contributed by atoms with Crippen LogP contribution < -0.4 is 0 Å². The van der Waals surface area contributed by atoms with Crippen LogP contribution in [-0.2, 0) is 4.79 Å². The second-order valence-corrected chi connectivity index (χ2v) is 2.60. The minimum absolute atomic E-state index is 0.674. The Balaban J connectivity index is 3.35. The molecule has 0 radical (unpaired) electrons. The molecule has 64 valence electrons. The first kappa shape index (κ1) is 10.2. The fourth-order valence-electron chi connectivity index (χ4n) is 0.918. The van der Waals surface area contributed by atoms with Gasteiger partial charge in [-0.1, -0.05) is 25.8 Å². The van der Waals surface area contributed by atoms with Crippen LogP contribution in [0.25, 0.3) is 0 Å². The zero-order valence-electron chi connectivity index (χ0n) is 7.25. The molecule has 0 fully saturated rings. The first-order chi connectivity index (χ1) is 5.35. The van der Waals surface area contributed by atoms with Crippen molar-refractivity contribution in [3.8, 4) is 0 Å². The summed E-state index contributed by atoms with van der Waals surface area (Å²) in [5.74, 6) is 0. The van der Waals surface area contributed by atoms with E-state index in [0.29, 0.717) is 6.54 Å². The highest BCUT2D eigenvalue weighted by atomic mass is 16.1. The van der Waals surface area contributed by atoms with Crippen molar-refractivity contribution in [3.05, 3.63) is 12.7 Å². The van der Waals surface area contributed by atoms with Crippen LogP contribution in [0.2, 0.25) is 0 Å². The highest BCUT2D eigenvalue weighted by Crippen LogP contribution is 1.95. The minimum Gasteiger partial charge on any atom is -0.342 e. The Morgan fingerprint density at radius 2 is 2.18 bits per heavy atom. The van der Waals surface area contributed by atoms with Crippen LogP contribution in [0.3, 0.4) is 0 Å². The zero-order valence-corrected chi connectivity index (χ0v) is 7.25. The largest absolute Gasteiger partial charge is 0.342 e. The Morgan fingerprint density at radius 1 is 1.45 bits per heavy atom. The maximum atomic E-state index is 10.4. The molecule has 0 aromatic rings. The van der Waals surface area contributed by atoms with E-state index in [-0.39, 0.29) is 0 Å². The summed E-state index contributed by atoms with van der Waals surface area (Å²) in [7, 11) is 0. The molecule has 0 heterocycles. The molecule has 11 heavy (non-hydrogen) atoms. The van der Waals surface area contributed by atoms with Crippen LogP contribution in [-0.4, -0.2) is 24.4 Å². The lowest BCUT2D eigenvalue weighted by molar-refractivity contribution is -0.117. The molecule has 0 rings (SSSR count). The number of hydrogen-bond donors (Lipinski definition) is 0. The average Bonchev–Trinajstić information content (AvgIpc) is 2.03. The lowest BCUT2D eigenvalue weighted by atomic mass is 10.2. The van der Waals surface area contributed by atoms with Gasteiger partial charge >= 0.3 is 0 Å². The van der Waals surface area contributed by atoms with Crippen LogP contribution in [0.1, 0.15) is 26.2 Å². The Labute approximate surface area is 68.9 Å². The quantitative estimate of drug-likeness (QED) is 0.312. The van der Waals surface area contributed by atoms with Crippen molar-refractivity contribution in [1.82, 2.24) is 4.90 Å². The van der Waals surface area contributed by atoms with Crippen molar-refractivity contribution in [1.29, 1.82) is 0 Å². The Hall–Kier alpha value is -0.790. The Morgan fingerprint density at radius 3 is 2.64 bits per heavy atom. The third-order valence-corrected chi connectivity index (χ3v) is 1.56. The van der Waals surface area contributed by atoms with E-state index < -0.39 is 0 Å². The smallest absolute Gasteiger partial charge is 0.209 e. The first-order valence-electron chi connectivity index (χ1n) is 4.15. The minimum atomic E-state index is 0.674. The molecule has 0 aliphatic carbocycles. The van der Waals surface area contributed by atoms with E-state index in [1.807, 2.05) is 0 Å². The summed E-state index contributed by atoms with van der Waals surface area (Å²) in [5, 5.41) is 0. The molecule has 0 atom stereocenters. The van der Waals surface area contributed by atoms with E-state index in [4.69, 9.17) is 0 Å². The van der Waals surface area contributed by atoms with Gasteiger partial charge in [-0.05, 0) is 6.42 Å². The van der Waals surface area contributed by atoms with E-state index in [2.05, 4.69) is 13.5 Å². The fourth-order valence-corrected chi connectivity index (χ4v) is 0.918. The normalized spacial score (nSPS) is 9.18. The van der Waals surface area contributed by atoms with Gasteiger partial charge in [-0.2, -0.15) is 0 Å². The van der Waals surface area contributed by atoms with Gasteiger partial charge in [-0.15, -0.1) is 6.58 Å². The molecule has 0 saturated heterocycles. The molecule has 0 bridgehead atoms. The molecule has 0 aliphatic rings. The number of amides is 1. The summed E-state index contributed by atoms with van der Waals surface area (Å²) in [6, 6.07) is 0. The monoisotopic (exact) mass is 155 g/mol. The second kappa shape index (κ2) is 7.32. The number of rotatable bonds is 7. The summed E-state index contributed by atoms with van der Waals surface area (Å²) in [4.78, 5) is 12.1. The fraction of sp³-hybridized carbons (Fsp3) is 0.667. The predicted molar refractivity (Wildman–Crippen MR) is 47.4 cm³/mol. The molecule has 1 amide bonds. The van der Waals surface area contributed by atoms with Crippen LogP contribution in [0.15, 0.2) is 12.7 Å². The summed E-state index contributed by atoms with van der Waals surface area (Å²) in [6.07, 6.45) is 6.13. The number of carbonyl (C=O) groups is 1. The van der Waals surface area contributed by atoms with Gasteiger partial charge in [0.1, 0.15) is 0 Å². The highest BCUT2D eigenvalue weighted by Gasteiger charge is 1.96. The van der Waals surface area contributed by atoms with Gasteiger partial charge in [0.15, 0.2) is 0 Å². The SMILES string of the molecule is C=CCN(C=O)CCCCC. The van der Waals surface area contributed by atoms with E-state index in [9.17, 15) is 4.79 Å². The molecule has 0 saturated carbocycles. The van der Waals surface area contributed by atoms with Gasteiger partial charge in [0.05, 0.1) is 0 Å². The molecular weight excluding hydrogens is 138 g/mol. The molecule has 0 aromatic carbocycles. The molecule has 0 aliphatic heterocycles. The van der Waals surface area contributed by atoms with Crippen molar-refractivity contribution in [2.45, 2.75) is 26.2 Å². The van der Waals surface area contributed by atoms with Crippen LogP contribution >= 0.6 is 0 Å². The van der Waals surface area contributed by atoms with Crippen molar-refractivity contribution in [3.63, 3.8) is 0 Å². The third-order valence-electron chi connectivity index (χ3n) is 1.56. The molecule has 2 nitrogen and oxygen atoms in total. The number of hydrogen-bond acceptors (Lipinski definition) is 1. The first-order valence-corrected chi connectivity index (χ1v) is 4.15. The topological polar surface area (TPSA) is 20.3 Å². The maximum absolute atomic E-state index is 10.4. The summed E-state index contributed by atoms with van der Waals surface area (Å²) in [5.41, 5.74) is 0. The van der Waals surface area contributed by atoms with E-state index in [1.54, 1.807) is 11.0 Å². The van der Waals surface area contributed by atoms with Gasteiger partial charge in [-0.25, -0.2) is 0 Å². The van der Waals surface area contributed by atoms with Crippen molar-refractivity contribution in [2.75, 3.05) is 13.1 Å². The van der Waals surface area contributed by atoms with Crippen LogP contribution in [0.5, 0.6) is 0 Å². The Bertz CT molecular complexity index is 112. The van der Waals surface area contributed by atoms with Gasteiger partial charge in [-0.3, -0.25) is 4.79 Å². The maximum Gasteiger partial charge on any atom is 0.209 e. The lowest BCUT2D eigenvalue weighted by Gasteiger charge is -2.13. The van der Waals surface area contributed by atoms with E-state index in [0.717, 1.165) is 19.4 Å². The zero-order chi connectivity index (χ0) is 8.53. The molecule has 0 aromatic heterocycles. The molecule has 0 N–H and O–H groups in total. The number of unbranched alkanes of at least 4 members (excludes halogenated alkanes) is 2. The highest BCUT2D eigenvalue weighted by molar-refractivity contribution is 5.47. The van der Waals surface area contributed by atoms with E-state index in [1.165, 1.54) is 12.8 Å². The van der Waals surface area contributed by atoms with Gasteiger partial charge < -0.3 is 4.90 Å². The molecule has 0 spiro atoms.